The third kappa shape index (κ3) is 1.97. The van der Waals surface area contributed by atoms with Crippen molar-refractivity contribution in [2.45, 2.75) is 0 Å². The number of carboxylic acid groups (broad SMARTS) is 1. The van der Waals surface area contributed by atoms with E-state index in [4.69, 9.17) is 5.11 Å². The number of methoxy groups -OCH3 is 1. The van der Waals surface area contributed by atoms with Crippen molar-refractivity contribution in [3.63, 3.8) is 0 Å². The summed E-state index contributed by atoms with van der Waals surface area (Å²) in [6.07, 6.45) is 0. The highest BCUT2D eigenvalue weighted by molar-refractivity contribution is 6.07. The summed E-state index contributed by atoms with van der Waals surface area (Å²) >= 11 is 0. The first-order chi connectivity index (χ1) is 8.13. The second kappa shape index (κ2) is 4.25. The highest BCUT2D eigenvalue weighted by Crippen LogP contribution is 2.22. The van der Waals surface area contributed by atoms with Gasteiger partial charge in [-0.1, -0.05) is 24.3 Å². The van der Waals surface area contributed by atoms with E-state index in [1.54, 1.807) is 24.3 Å². The van der Waals surface area contributed by atoms with Crippen molar-refractivity contribution in [2.24, 2.45) is 0 Å². The van der Waals surface area contributed by atoms with Crippen LogP contribution in [0.4, 0.5) is 0 Å². The Morgan fingerprint density at radius 3 is 2.53 bits per heavy atom. The molecule has 4 nitrogen and oxygen atoms in total. The highest BCUT2D eigenvalue weighted by atomic mass is 16.5. The highest BCUT2D eigenvalue weighted by Gasteiger charge is 2.14. The molecule has 0 saturated carbocycles. The molecule has 0 aliphatic rings. The Kier molecular flexibility index (Phi) is 2.78. The molecule has 0 radical (unpaired) electrons. The van der Waals surface area contributed by atoms with E-state index in [2.05, 4.69) is 4.74 Å². The molecule has 86 valence electrons. The summed E-state index contributed by atoms with van der Waals surface area (Å²) in [5.41, 5.74) is 0.340. The minimum atomic E-state index is -1.07. The Bertz CT molecular complexity index is 601. The molecule has 0 atom stereocenters. The second-order valence-electron chi connectivity index (χ2n) is 3.54. The average Bonchev–Trinajstić information content (AvgIpc) is 2.36. The first kappa shape index (κ1) is 11.1. The number of hydrogen-bond donors (Lipinski definition) is 1. The van der Waals surface area contributed by atoms with Crippen molar-refractivity contribution in [1.82, 2.24) is 0 Å². The number of rotatable bonds is 2. The molecule has 2 aromatic rings. The van der Waals surface area contributed by atoms with Crippen molar-refractivity contribution in [3.8, 4) is 0 Å². The summed E-state index contributed by atoms with van der Waals surface area (Å²) in [4.78, 5) is 22.5. The largest absolute Gasteiger partial charge is 0.478 e. The Morgan fingerprint density at radius 1 is 1.18 bits per heavy atom. The Morgan fingerprint density at radius 2 is 1.88 bits per heavy atom. The van der Waals surface area contributed by atoms with Gasteiger partial charge in [-0.05, 0) is 22.9 Å². The number of fused-ring (bicyclic) bond motifs is 1. The summed E-state index contributed by atoms with van der Waals surface area (Å²) in [5.74, 6) is -1.61. The zero-order valence-corrected chi connectivity index (χ0v) is 9.14. The fourth-order valence-electron chi connectivity index (χ4n) is 1.71. The van der Waals surface area contributed by atoms with Crippen LogP contribution in [-0.4, -0.2) is 24.2 Å². The minimum absolute atomic E-state index is 0.0732. The zero-order valence-electron chi connectivity index (χ0n) is 9.14. The molecular formula is C13H10O4. The predicted molar refractivity (Wildman–Crippen MR) is 62.2 cm³/mol. The van der Waals surface area contributed by atoms with Crippen molar-refractivity contribution >= 4 is 22.7 Å². The number of carboxylic acids is 1. The lowest BCUT2D eigenvalue weighted by atomic mass is 10.0. The topological polar surface area (TPSA) is 63.6 Å². The quantitative estimate of drug-likeness (QED) is 0.804. The van der Waals surface area contributed by atoms with Crippen LogP contribution in [0, 0.1) is 0 Å². The molecule has 0 spiro atoms. The van der Waals surface area contributed by atoms with Gasteiger partial charge in [0.25, 0.3) is 0 Å². The first-order valence-corrected chi connectivity index (χ1v) is 4.98. The van der Waals surface area contributed by atoms with E-state index in [0.29, 0.717) is 10.8 Å². The Labute approximate surface area is 97.4 Å². The number of carbonyl (C=O) groups excluding carboxylic acids is 1. The number of carbonyl (C=O) groups is 2. The summed E-state index contributed by atoms with van der Waals surface area (Å²) in [6, 6.07) is 9.95. The molecule has 0 heterocycles. The monoisotopic (exact) mass is 230 g/mol. The fourth-order valence-corrected chi connectivity index (χ4v) is 1.71. The van der Waals surface area contributed by atoms with Gasteiger partial charge in [-0.25, -0.2) is 9.59 Å². The smallest absolute Gasteiger partial charge is 0.338 e. The van der Waals surface area contributed by atoms with E-state index in [1.807, 2.05) is 0 Å². The molecular weight excluding hydrogens is 220 g/mol. The second-order valence-corrected chi connectivity index (χ2v) is 3.54. The van der Waals surface area contributed by atoms with Crippen LogP contribution >= 0.6 is 0 Å². The molecule has 0 aliphatic heterocycles. The molecule has 17 heavy (non-hydrogen) atoms. The number of esters is 1. The van der Waals surface area contributed by atoms with Crippen LogP contribution in [-0.2, 0) is 4.74 Å². The van der Waals surface area contributed by atoms with Gasteiger partial charge >= 0.3 is 11.9 Å². The van der Waals surface area contributed by atoms with Gasteiger partial charge in [0.2, 0.25) is 0 Å². The van der Waals surface area contributed by atoms with Gasteiger partial charge in [0.1, 0.15) is 0 Å². The maximum Gasteiger partial charge on any atom is 0.338 e. The molecule has 0 fully saturated rings. The lowest BCUT2D eigenvalue weighted by Gasteiger charge is -2.06. The van der Waals surface area contributed by atoms with E-state index in [0.717, 1.165) is 0 Å². The van der Waals surface area contributed by atoms with Crippen molar-refractivity contribution < 1.29 is 19.4 Å². The summed E-state index contributed by atoms with van der Waals surface area (Å²) < 4.78 is 4.65. The Balaban J connectivity index is 2.78. The first-order valence-electron chi connectivity index (χ1n) is 4.98. The molecule has 2 aromatic carbocycles. The number of hydrogen-bond acceptors (Lipinski definition) is 3. The molecule has 0 unspecified atom stereocenters. The summed E-state index contributed by atoms with van der Waals surface area (Å²) in [7, 11) is 1.27. The lowest BCUT2D eigenvalue weighted by Crippen LogP contribution is -2.05. The van der Waals surface area contributed by atoms with Crippen molar-refractivity contribution in [1.29, 1.82) is 0 Å². The maximum atomic E-state index is 11.6. The summed E-state index contributed by atoms with van der Waals surface area (Å²) in [6.45, 7) is 0. The minimum Gasteiger partial charge on any atom is -0.478 e. The van der Waals surface area contributed by atoms with Crippen LogP contribution in [0.1, 0.15) is 20.7 Å². The van der Waals surface area contributed by atoms with Crippen LogP contribution in [0.25, 0.3) is 10.8 Å². The molecule has 0 saturated heterocycles. The van der Waals surface area contributed by atoms with Gasteiger partial charge in [-0.2, -0.15) is 0 Å². The zero-order chi connectivity index (χ0) is 12.4. The van der Waals surface area contributed by atoms with Gasteiger partial charge < -0.3 is 9.84 Å². The molecule has 2 rings (SSSR count). The normalized spacial score (nSPS) is 10.2. The molecule has 1 N–H and O–H groups in total. The van der Waals surface area contributed by atoms with Crippen LogP contribution in [0.3, 0.4) is 0 Å². The van der Waals surface area contributed by atoms with E-state index < -0.39 is 11.9 Å². The van der Waals surface area contributed by atoms with E-state index in [9.17, 15) is 9.59 Å². The predicted octanol–water partition coefficient (Wildman–Crippen LogP) is 2.32. The average molecular weight is 230 g/mol. The van der Waals surface area contributed by atoms with E-state index in [1.165, 1.54) is 19.2 Å². The van der Waals surface area contributed by atoms with Crippen LogP contribution in [0.2, 0.25) is 0 Å². The van der Waals surface area contributed by atoms with Crippen LogP contribution in [0.5, 0.6) is 0 Å². The van der Waals surface area contributed by atoms with Crippen LogP contribution < -0.4 is 0 Å². The fraction of sp³-hybridized carbons (Fsp3) is 0.0769. The SMILES string of the molecule is COC(=O)c1cc(C(=O)O)cc2ccccc12. The molecule has 0 bridgehead atoms. The molecule has 0 amide bonds. The number of ether oxygens (including phenoxy) is 1. The maximum absolute atomic E-state index is 11.6. The number of benzene rings is 2. The standard InChI is InChI=1S/C13H10O4/c1-17-13(16)11-7-9(12(14)15)6-8-4-2-3-5-10(8)11/h2-7H,1H3,(H,14,15). The summed E-state index contributed by atoms with van der Waals surface area (Å²) in [5, 5.41) is 10.4. The van der Waals surface area contributed by atoms with Gasteiger partial charge in [-0.3, -0.25) is 0 Å². The Hall–Kier alpha value is -2.36. The third-order valence-corrected chi connectivity index (χ3v) is 2.51. The van der Waals surface area contributed by atoms with E-state index >= 15 is 0 Å². The van der Waals surface area contributed by atoms with Crippen molar-refractivity contribution in [2.75, 3.05) is 7.11 Å². The van der Waals surface area contributed by atoms with Gasteiger partial charge in [0, 0.05) is 0 Å². The third-order valence-electron chi connectivity index (χ3n) is 2.51. The van der Waals surface area contributed by atoms with Crippen LogP contribution in [0.15, 0.2) is 36.4 Å². The van der Waals surface area contributed by atoms with Gasteiger partial charge in [-0.15, -0.1) is 0 Å². The lowest BCUT2D eigenvalue weighted by molar-refractivity contribution is 0.0603. The molecule has 0 aliphatic carbocycles. The van der Waals surface area contributed by atoms with E-state index in [-0.39, 0.29) is 11.1 Å². The molecule has 0 aromatic heterocycles. The van der Waals surface area contributed by atoms with Crippen molar-refractivity contribution in [3.05, 3.63) is 47.5 Å². The van der Waals surface area contributed by atoms with Gasteiger partial charge in [0.05, 0.1) is 18.2 Å². The molecule has 4 heteroatoms. The number of aromatic carboxylic acids is 1. The van der Waals surface area contributed by atoms with Gasteiger partial charge in [0.15, 0.2) is 0 Å².